The number of imidazole rings is 1. The monoisotopic (exact) mass is 385 g/mol. The van der Waals surface area contributed by atoms with Gasteiger partial charge in [0, 0.05) is 12.4 Å². The minimum atomic E-state index is 0.365. The fourth-order valence-electron chi connectivity index (χ4n) is 2.49. The van der Waals surface area contributed by atoms with E-state index in [0.29, 0.717) is 19.4 Å². The van der Waals surface area contributed by atoms with E-state index in [0.717, 1.165) is 22.7 Å². The van der Waals surface area contributed by atoms with Crippen LogP contribution in [-0.4, -0.2) is 36.4 Å². The maximum Gasteiger partial charge on any atom is 0.392 e. The Bertz CT molecular complexity index is 1110. The van der Waals surface area contributed by atoms with Gasteiger partial charge in [-0.2, -0.15) is 0 Å². The van der Waals surface area contributed by atoms with Crippen molar-refractivity contribution < 1.29 is 9.76 Å². The average molecular weight is 385 g/mol. The summed E-state index contributed by atoms with van der Waals surface area (Å²) in [5, 5.41) is 0.910. The number of aromatic nitrogens is 5. The molecule has 4 aromatic heterocycles. The Balaban J connectivity index is 1.67. The van der Waals surface area contributed by atoms with Gasteiger partial charge in [0.2, 0.25) is 0 Å². The normalized spacial score (nSPS) is 11.0. The van der Waals surface area contributed by atoms with Crippen LogP contribution in [0.1, 0.15) is 5.69 Å². The quantitative estimate of drug-likeness (QED) is 0.383. The Morgan fingerprint density at radius 1 is 1.23 bits per heavy atom. The van der Waals surface area contributed by atoms with Crippen molar-refractivity contribution in [3.63, 3.8) is 0 Å². The largest absolute Gasteiger partial charge is 0.392 e. The van der Waals surface area contributed by atoms with Gasteiger partial charge >= 0.3 is 5.00 Å². The molecule has 0 aliphatic heterocycles. The molecular weight excluding hydrogens is 372 g/mol. The molecule has 0 saturated heterocycles. The van der Waals surface area contributed by atoms with Crippen LogP contribution in [0.25, 0.3) is 17.0 Å². The van der Waals surface area contributed by atoms with Gasteiger partial charge in [-0.1, -0.05) is 6.07 Å². The zero-order valence-electron chi connectivity index (χ0n) is 13.9. The maximum absolute atomic E-state index is 11.5. The lowest BCUT2D eigenvalue weighted by Gasteiger charge is -2.04. The van der Waals surface area contributed by atoms with Gasteiger partial charge in [-0.25, -0.2) is 24.8 Å². The van der Waals surface area contributed by atoms with Crippen LogP contribution >= 0.6 is 23.1 Å². The highest BCUT2D eigenvalue weighted by Gasteiger charge is 2.20. The van der Waals surface area contributed by atoms with E-state index in [1.807, 2.05) is 41.8 Å². The standard InChI is InChI=1S/C16H13N6O2S2/c1-10-14(21-8-4-3-5-12(21)19-10)11-6-7-17-15(20-11)26-16-18-9-13(25-16)22(23)24-2/h3-9H,1-2H3/q+1. The third kappa shape index (κ3) is 3.04. The summed E-state index contributed by atoms with van der Waals surface area (Å²) in [6.07, 6.45) is 5.12. The van der Waals surface area contributed by atoms with Gasteiger partial charge in [-0.3, -0.25) is 4.40 Å². The number of nitrogens with zero attached hydrogens (tertiary/aromatic N) is 6. The number of pyridine rings is 1. The van der Waals surface area contributed by atoms with Crippen molar-refractivity contribution in [2.24, 2.45) is 0 Å². The second-order valence-corrected chi connectivity index (χ2v) is 7.43. The first-order valence-corrected chi connectivity index (χ1v) is 9.21. The van der Waals surface area contributed by atoms with E-state index in [4.69, 9.17) is 0 Å². The highest BCUT2D eigenvalue weighted by atomic mass is 32.2. The minimum Gasteiger partial charge on any atom is -0.298 e. The third-order valence-electron chi connectivity index (χ3n) is 3.58. The molecule has 0 radical (unpaired) electrons. The number of aryl methyl sites for hydroxylation is 1. The number of fused-ring (bicyclic) bond motifs is 1. The van der Waals surface area contributed by atoms with Gasteiger partial charge in [-0.05, 0) is 48.2 Å². The van der Waals surface area contributed by atoms with Crippen molar-refractivity contribution >= 4 is 33.7 Å². The van der Waals surface area contributed by atoms with Crippen molar-refractivity contribution in [2.45, 2.75) is 16.4 Å². The summed E-state index contributed by atoms with van der Waals surface area (Å²) < 4.78 is 2.66. The molecule has 0 spiro atoms. The molecule has 0 saturated carbocycles. The van der Waals surface area contributed by atoms with E-state index in [2.05, 4.69) is 24.8 Å². The van der Waals surface area contributed by atoms with Gasteiger partial charge in [-0.15, -0.1) is 0 Å². The molecule has 0 aromatic carbocycles. The molecule has 4 rings (SSSR count). The molecule has 130 valence electrons. The first-order valence-electron chi connectivity index (χ1n) is 7.58. The zero-order chi connectivity index (χ0) is 18.1. The molecule has 4 heterocycles. The number of thiazole rings is 1. The molecule has 0 fully saturated rings. The highest BCUT2D eigenvalue weighted by Crippen LogP contribution is 2.33. The minimum absolute atomic E-state index is 0.365. The van der Waals surface area contributed by atoms with Crippen molar-refractivity contribution in [3.8, 4) is 11.4 Å². The van der Waals surface area contributed by atoms with E-state index in [1.54, 1.807) is 6.20 Å². The molecule has 0 bridgehead atoms. The van der Waals surface area contributed by atoms with E-state index >= 15 is 0 Å². The van der Waals surface area contributed by atoms with E-state index in [1.165, 1.54) is 36.4 Å². The van der Waals surface area contributed by atoms with Crippen LogP contribution in [-0.2, 0) is 4.84 Å². The summed E-state index contributed by atoms with van der Waals surface area (Å²) in [6, 6.07) is 7.71. The lowest BCUT2D eigenvalue weighted by atomic mass is 10.2. The Hall–Kier alpha value is -2.85. The molecule has 0 aliphatic rings. The molecule has 26 heavy (non-hydrogen) atoms. The average Bonchev–Trinajstić information content (AvgIpc) is 3.24. The van der Waals surface area contributed by atoms with Crippen molar-refractivity contribution in [1.29, 1.82) is 0 Å². The Kier molecular flexibility index (Phi) is 4.35. The van der Waals surface area contributed by atoms with Crippen molar-refractivity contribution in [1.82, 2.24) is 24.3 Å². The van der Waals surface area contributed by atoms with Crippen LogP contribution in [0.4, 0.5) is 5.00 Å². The summed E-state index contributed by atoms with van der Waals surface area (Å²) in [5.41, 5.74) is 3.46. The molecule has 0 unspecified atom stereocenters. The van der Waals surface area contributed by atoms with Gasteiger partial charge < -0.3 is 0 Å². The van der Waals surface area contributed by atoms with Crippen LogP contribution in [0, 0.1) is 11.8 Å². The van der Waals surface area contributed by atoms with E-state index < -0.39 is 0 Å². The first kappa shape index (κ1) is 16.6. The summed E-state index contributed by atoms with van der Waals surface area (Å²) >= 11 is 2.51. The van der Waals surface area contributed by atoms with Gasteiger partial charge in [0.1, 0.15) is 11.8 Å². The maximum atomic E-state index is 11.5. The zero-order valence-corrected chi connectivity index (χ0v) is 15.5. The fourth-order valence-corrected chi connectivity index (χ4v) is 4.20. The smallest absolute Gasteiger partial charge is 0.298 e. The Morgan fingerprint density at radius 2 is 2.12 bits per heavy atom. The van der Waals surface area contributed by atoms with Crippen LogP contribution in [0.15, 0.2) is 52.4 Å². The van der Waals surface area contributed by atoms with Crippen molar-refractivity contribution in [2.75, 3.05) is 7.11 Å². The molecular formula is C16H13N6O2S2+. The molecule has 0 aliphatic carbocycles. The topological polar surface area (TPSA) is 85.3 Å². The summed E-state index contributed by atoms with van der Waals surface area (Å²) in [5.74, 6) is 0. The van der Waals surface area contributed by atoms with E-state index in [9.17, 15) is 4.91 Å². The Labute approximate surface area is 156 Å². The predicted molar refractivity (Wildman–Crippen MR) is 97.5 cm³/mol. The van der Waals surface area contributed by atoms with E-state index in [-0.39, 0.29) is 0 Å². The molecule has 8 nitrogen and oxygen atoms in total. The summed E-state index contributed by atoms with van der Waals surface area (Å²) in [4.78, 5) is 34.2. The van der Waals surface area contributed by atoms with Crippen LogP contribution in [0.2, 0.25) is 0 Å². The molecule has 0 N–H and O–H groups in total. The lowest BCUT2D eigenvalue weighted by molar-refractivity contribution is -0.734. The van der Waals surface area contributed by atoms with Crippen LogP contribution < -0.4 is 0 Å². The second kappa shape index (κ2) is 6.81. The SMILES string of the molecule is CO[N+](=O)c1cnc(Sc2nccc(-c3c(C)nc4ccccn34)n2)s1. The third-order valence-corrected chi connectivity index (χ3v) is 5.48. The lowest BCUT2D eigenvalue weighted by Crippen LogP contribution is -1.94. The van der Waals surface area contributed by atoms with Gasteiger partial charge in [0.25, 0.3) is 4.92 Å². The summed E-state index contributed by atoms with van der Waals surface area (Å²) in [7, 11) is 1.31. The molecule has 10 heteroatoms. The van der Waals surface area contributed by atoms with Crippen LogP contribution in [0.5, 0.6) is 0 Å². The number of hydrogen-bond acceptors (Lipinski definition) is 8. The summed E-state index contributed by atoms with van der Waals surface area (Å²) in [6.45, 7) is 1.96. The van der Waals surface area contributed by atoms with Gasteiger partial charge in [0.15, 0.2) is 16.6 Å². The van der Waals surface area contributed by atoms with Gasteiger partial charge in [0.05, 0.1) is 22.0 Å². The number of hydrogen-bond donors (Lipinski definition) is 0. The first-order chi connectivity index (χ1) is 12.7. The molecule has 0 atom stereocenters. The predicted octanol–water partition coefficient (Wildman–Crippen LogP) is 3.68. The van der Waals surface area contributed by atoms with Crippen LogP contribution in [0.3, 0.4) is 0 Å². The van der Waals surface area contributed by atoms with Crippen molar-refractivity contribution in [3.05, 3.63) is 53.5 Å². The fraction of sp³-hybridized carbons (Fsp3) is 0.125. The Morgan fingerprint density at radius 3 is 2.96 bits per heavy atom. The number of rotatable bonds is 5. The highest BCUT2D eigenvalue weighted by molar-refractivity contribution is 8.00. The molecule has 4 aromatic rings. The molecule has 0 amide bonds. The second-order valence-electron chi connectivity index (χ2n) is 5.21.